The SMILES string of the molecule is NNc1c(F)cc(C(=O)Nc2nccnn2)cc1F. The molecule has 4 N–H and O–H groups in total. The van der Waals surface area contributed by atoms with Crippen molar-refractivity contribution in [2.75, 3.05) is 10.7 Å². The molecule has 0 fully saturated rings. The molecule has 1 heterocycles. The van der Waals surface area contributed by atoms with Crippen LogP contribution in [0.15, 0.2) is 24.5 Å². The van der Waals surface area contributed by atoms with E-state index in [2.05, 4.69) is 20.5 Å². The number of anilines is 2. The maximum Gasteiger partial charge on any atom is 0.258 e. The van der Waals surface area contributed by atoms with Gasteiger partial charge < -0.3 is 5.43 Å². The van der Waals surface area contributed by atoms with Crippen LogP contribution in [0.3, 0.4) is 0 Å². The van der Waals surface area contributed by atoms with Gasteiger partial charge in [-0.3, -0.25) is 16.0 Å². The predicted octanol–water partition coefficient (Wildman–Crippen LogP) is 0.688. The van der Waals surface area contributed by atoms with E-state index >= 15 is 0 Å². The number of nitrogens with zero attached hydrogens (tertiary/aromatic N) is 3. The zero-order valence-electron chi connectivity index (χ0n) is 9.39. The van der Waals surface area contributed by atoms with Gasteiger partial charge in [0.2, 0.25) is 5.95 Å². The van der Waals surface area contributed by atoms with Gasteiger partial charge in [-0.2, -0.15) is 5.10 Å². The molecule has 1 aromatic heterocycles. The quantitative estimate of drug-likeness (QED) is 0.557. The maximum atomic E-state index is 13.4. The van der Waals surface area contributed by atoms with Crippen molar-refractivity contribution in [3.05, 3.63) is 41.7 Å². The third-order valence-electron chi connectivity index (χ3n) is 2.16. The highest BCUT2D eigenvalue weighted by molar-refractivity contribution is 6.03. The van der Waals surface area contributed by atoms with E-state index < -0.39 is 23.2 Å². The monoisotopic (exact) mass is 266 g/mol. The molecule has 0 aliphatic rings. The molecule has 7 nitrogen and oxygen atoms in total. The molecule has 0 aliphatic heterocycles. The summed E-state index contributed by atoms with van der Waals surface area (Å²) in [6.07, 6.45) is 2.63. The van der Waals surface area contributed by atoms with E-state index in [0.717, 1.165) is 12.1 Å². The molecule has 1 amide bonds. The lowest BCUT2D eigenvalue weighted by Crippen LogP contribution is -2.17. The smallest absolute Gasteiger partial charge is 0.258 e. The number of hydrogen-bond donors (Lipinski definition) is 3. The molecule has 0 radical (unpaired) electrons. The van der Waals surface area contributed by atoms with E-state index in [-0.39, 0.29) is 11.5 Å². The van der Waals surface area contributed by atoms with Crippen LogP contribution in [0.5, 0.6) is 0 Å². The van der Waals surface area contributed by atoms with Crippen molar-refractivity contribution >= 4 is 17.5 Å². The topological polar surface area (TPSA) is 106 Å². The van der Waals surface area contributed by atoms with Crippen molar-refractivity contribution in [1.82, 2.24) is 15.2 Å². The molecular weight excluding hydrogens is 258 g/mol. The molecular formula is C10H8F2N6O. The first-order valence-corrected chi connectivity index (χ1v) is 5.02. The van der Waals surface area contributed by atoms with Crippen LogP contribution in [0.1, 0.15) is 10.4 Å². The number of rotatable bonds is 3. The molecule has 0 unspecified atom stereocenters. The van der Waals surface area contributed by atoms with Gasteiger partial charge in [-0.15, -0.1) is 5.10 Å². The fraction of sp³-hybridized carbons (Fsp3) is 0. The largest absolute Gasteiger partial charge is 0.319 e. The van der Waals surface area contributed by atoms with Crippen LogP contribution in [0.25, 0.3) is 0 Å². The minimum Gasteiger partial charge on any atom is -0.319 e. The lowest BCUT2D eigenvalue weighted by Gasteiger charge is -2.07. The molecule has 0 aliphatic carbocycles. The summed E-state index contributed by atoms with van der Waals surface area (Å²) in [5.41, 5.74) is 1.11. The molecule has 19 heavy (non-hydrogen) atoms. The fourth-order valence-electron chi connectivity index (χ4n) is 1.32. The highest BCUT2D eigenvalue weighted by Gasteiger charge is 2.15. The van der Waals surface area contributed by atoms with Crippen LogP contribution in [0.4, 0.5) is 20.4 Å². The van der Waals surface area contributed by atoms with Gasteiger partial charge in [0, 0.05) is 5.56 Å². The zero-order valence-corrected chi connectivity index (χ0v) is 9.39. The summed E-state index contributed by atoms with van der Waals surface area (Å²) < 4.78 is 26.8. The normalized spacial score (nSPS) is 10.1. The molecule has 0 spiro atoms. The van der Waals surface area contributed by atoms with Gasteiger partial charge in [0.05, 0.1) is 12.4 Å². The third kappa shape index (κ3) is 2.77. The van der Waals surface area contributed by atoms with Gasteiger partial charge in [0.15, 0.2) is 11.6 Å². The molecule has 0 atom stereocenters. The van der Waals surface area contributed by atoms with Crippen LogP contribution < -0.4 is 16.6 Å². The zero-order chi connectivity index (χ0) is 13.8. The average molecular weight is 266 g/mol. The Morgan fingerprint density at radius 2 is 1.89 bits per heavy atom. The van der Waals surface area contributed by atoms with Gasteiger partial charge in [0.25, 0.3) is 5.91 Å². The van der Waals surface area contributed by atoms with Crippen LogP contribution >= 0.6 is 0 Å². The summed E-state index contributed by atoms with van der Waals surface area (Å²) in [7, 11) is 0. The first-order valence-electron chi connectivity index (χ1n) is 5.02. The first-order chi connectivity index (χ1) is 9.11. The molecule has 1 aromatic carbocycles. The lowest BCUT2D eigenvalue weighted by molar-refractivity contribution is 0.102. The van der Waals surface area contributed by atoms with E-state index in [1.165, 1.54) is 12.4 Å². The Balaban J connectivity index is 2.25. The summed E-state index contributed by atoms with van der Waals surface area (Å²) in [5.74, 6) is 2.13. The van der Waals surface area contributed by atoms with Gasteiger partial charge in [-0.1, -0.05) is 0 Å². The number of aromatic nitrogens is 3. The predicted molar refractivity (Wildman–Crippen MR) is 61.9 cm³/mol. The highest BCUT2D eigenvalue weighted by atomic mass is 19.1. The highest BCUT2D eigenvalue weighted by Crippen LogP contribution is 2.20. The number of benzene rings is 1. The second-order valence-electron chi connectivity index (χ2n) is 3.38. The maximum absolute atomic E-state index is 13.4. The number of amides is 1. The number of carbonyl (C=O) groups is 1. The summed E-state index contributed by atoms with van der Waals surface area (Å²) in [6.45, 7) is 0. The van der Waals surface area contributed by atoms with Gasteiger partial charge in [0.1, 0.15) is 5.69 Å². The van der Waals surface area contributed by atoms with Crippen molar-refractivity contribution in [2.24, 2.45) is 5.84 Å². The second-order valence-corrected chi connectivity index (χ2v) is 3.38. The number of nitrogens with one attached hydrogen (secondary N) is 2. The Morgan fingerprint density at radius 1 is 1.21 bits per heavy atom. The number of hydrogen-bond acceptors (Lipinski definition) is 6. The van der Waals surface area contributed by atoms with E-state index in [0.29, 0.717) is 0 Å². The van der Waals surface area contributed by atoms with Crippen LogP contribution in [0.2, 0.25) is 0 Å². The Hall–Kier alpha value is -2.68. The van der Waals surface area contributed by atoms with Gasteiger partial charge in [-0.25, -0.2) is 13.8 Å². The number of nitrogens with two attached hydrogens (primary N) is 1. The van der Waals surface area contributed by atoms with Crippen molar-refractivity contribution in [1.29, 1.82) is 0 Å². The van der Waals surface area contributed by atoms with Crippen molar-refractivity contribution in [2.45, 2.75) is 0 Å². The lowest BCUT2D eigenvalue weighted by atomic mass is 10.1. The van der Waals surface area contributed by atoms with Crippen molar-refractivity contribution in [3.63, 3.8) is 0 Å². The van der Waals surface area contributed by atoms with Crippen LogP contribution in [0, 0.1) is 11.6 Å². The fourth-order valence-corrected chi connectivity index (χ4v) is 1.32. The van der Waals surface area contributed by atoms with E-state index in [1.54, 1.807) is 0 Å². The standard InChI is InChI=1S/C10H8F2N6O/c11-6-3-5(4-7(12)8(6)17-13)9(19)16-10-14-1-2-15-18-10/h1-4,17H,13H2,(H,14,16,18,19). The van der Waals surface area contributed by atoms with Crippen molar-refractivity contribution < 1.29 is 13.6 Å². The molecule has 0 bridgehead atoms. The summed E-state index contributed by atoms with van der Waals surface area (Å²) >= 11 is 0. The Labute approximate surface area is 105 Å². The van der Waals surface area contributed by atoms with E-state index in [1.807, 2.05) is 5.43 Å². The third-order valence-corrected chi connectivity index (χ3v) is 2.16. The summed E-state index contributed by atoms with van der Waals surface area (Å²) in [6, 6.07) is 1.67. The van der Waals surface area contributed by atoms with E-state index in [9.17, 15) is 13.6 Å². The number of hydrazine groups is 1. The van der Waals surface area contributed by atoms with Crippen molar-refractivity contribution in [3.8, 4) is 0 Å². The minimum atomic E-state index is -0.986. The van der Waals surface area contributed by atoms with Crippen LogP contribution in [-0.4, -0.2) is 21.1 Å². The molecule has 0 saturated carbocycles. The average Bonchev–Trinajstić information content (AvgIpc) is 2.39. The van der Waals surface area contributed by atoms with E-state index in [4.69, 9.17) is 5.84 Å². The Morgan fingerprint density at radius 3 is 2.42 bits per heavy atom. The minimum absolute atomic E-state index is 0.0747. The van der Waals surface area contributed by atoms with Crippen LogP contribution in [-0.2, 0) is 0 Å². The number of halogens is 2. The second kappa shape index (κ2) is 5.31. The molecule has 2 rings (SSSR count). The Kier molecular flexibility index (Phi) is 3.57. The molecule has 9 heteroatoms. The molecule has 0 saturated heterocycles. The molecule has 2 aromatic rings. The van der Waals surface area contributed by atoms with Gasteiger partial charge in [-0.05, 0) is 12.1 Å². The molecule has 98 valence electrons. The number of nitrogen functional groups attached to an aromatic ring is 1. The summed E-state index contributed by atoms with van der Waals surface area (Å²) in [5, 5.41) is 9.24. The Bertz CT molecular complexity index is 583. The van der Waals surface area contributed by atoms with Gasteiger partial charge >= 0.3 is 0 Å². The summed E-state index contributed by atoms with van der Waals surface area (Å²) in [4.78, 5) is 15.4. The first kappa shape index (κ1) is 12.8. The number of carbonyl (C=O) groups excluding carboxylic acids is 1.